The van der Waals surface area contributed by atoms with E-state index in [9.17, 15) is 4.79 Å². The second-order valence-corrected chi connectivity index (χ2v) is 10.6. The largest absolute Gasteiger partial charge is 0.481 e. The van der Waals surface area contributed by atoms with Crippen LogP contribution in [0.3, 0.4) is 0 Å². The van der Waals surface area contributed by atoms with Crippen molar-refractivity contribution in [2.24, 2.45) is 0 Å². The fraction of sp³-hybridized carbons (Fsp3) is 0.900. The van der Waals surface area contributed by atoms with E-state index in [4.69, 9.17) is 5.11 Å². The minimum absolute atomic E-state index is 0.332. The van der Waals surface area contributed by atoms with E-state index in [0.29, 0.717) is 6.42 Å². The van der Waals surface area contributed by atoms with Gasteiger partial charge < -0.3 is 10.4 Å². The lowest BCUT2D eigenvalue weighted by Gasteiger charge is -2.30. The van der Waals surface area contributed by atoms with Gasteiger partial charge in [0.2, 0.25) is 0 Å². The van der Waals surface area contributed by atoms with E-state index in [-0.39, 0.29) is 0 Å². The highest BCUT2D eigenvalue weighted by Gasteiger charge is 2.19. The predicted molar refractivity (Wildman–Crippen MR) is 144 cm³/mol. The Morgan fingerprint density at radius 3 is 1.55 bits per heavy atom. The van der Waals surface area contributed by atoms with Crippen molar-refractivity contribution in [3.8, 4) is 0 Å². The maximum Gasteiger partial charge on any atom is 0.303 e. The molecule has 194 valence electrons. The molecule has 0 radical (unpaired) electrons. The van der Waals surface area contributed by atoms with Crippen LogP contribution in [0.5, 0.6) is 0 Å². The number of aliphatic carboxylic acids is 1. The van der Waals surface area contributed by atoms with Crippen LogP contribution in [0.2, 0.25) is 0 Å². The molecule has 2 fully saturated rings. The zero-order chi connectivity index (χ0) is 23.8. The maximum atomic E-state index is 10.3. The molecule has 0 spiro atoms. The van der Waals surface area contributed by atoms with Gasteiger partial charge in [-0.25, -0.2) is 0 Å². The molecule has 3 heteroatoms. The van der Waals surface area contributed by atoms with Crippen LogP contribution in [0.25, 0.3) is 0 Å². The Bertz CT molecular complexity index is 434. The Kier molecular flexibility index (Phi) is 21.0. The number of rotatable bonds is 17. The van der Waals surface area contributed by atoms with Gasteiger partial charge in [-0.2, -0.15) is 0 Å². The van der Waals surface area contributed by atoms with Crippen molar-refractivity contribution in [3.05, 3.63) is 12.2 Å². The van der Waals surface area contributed by atoms with Crippen LogP contribution < -0.4 is 5.32 Å². The van der Waals surface area contributed by atoms with Gasteiger partial charge in [0.15, 0.2) is 0 Å². The van der Waals surface area contributed by atoms with Crippen molar-refractivity contribution >= 4 is 5.97 Å². The molecule has 2 saturated carbocycles. The average Bonchev–Trinajstić information content (AvgIpc) is 2.83. The van der Waals surface area contributed by atoms with E-state index < -0.39 is 5.97 Å². The quantitative estimate of drug-likeness (QED) is 0.167. The number of carboxylic acids is 1. The molecule has 0 aromatic carbocycles. The van der Waals surface area contributed by atoms with E-state index in [1.54, 1.807) is 0 Å². The summed E-state index contributed by atoms with van der Waals surface area (Å²) in [7, 11) is 0. The molecule has 0 amide bonds. The van der Waals surface area contributed by atoms with Crippen LogP contribution in [0.15, 0.2) is 12.2 Å². The minimum atomic E-state index is -0.664. The fourth-order valence-corrected chi connectivity index (χ4v) is 5.22. The molecule has 0 bridgehead atoms. The van der Waals surface area contributed by atoms with E-state index in [1.165, 1.54) is 135 Å². The molecule has 0 saturated heterocycles. The summed E-state index contributed by atoms with van der Waals surface area (Å²) in [5.74, 6) is -0.664. The molecule has 2 aliphatic rings. The van der Waals surface area contributed by atoms with Crippen LogP contribution in [-0.4, -0.2) is 23.2 Å². The van der Waals surface area contributed by atoms with Crippen LogP contribution >= 0.6 is 0 Å². The third-order valence-electron chi connectivity index (χ3n) is 7.33. The number of carboxylic acid groups (broad SMARTS) is 1. The fourth-order valence-electron chi connectivity index (χ4n) is 5.22. The van der Waals surface area contributed by atoms with Crippen molar-refractivity contribution in [1.82, 2.24) is 5.32 Å². The summed E-state index contributed by atoms with van der Waals surface area (Å²) in [6.07, 6.45) is 35.8. The van der Waals surface area contributed by atoms with Crippen molar-refractivity contribution < 1.29 is 9.90 Å². The predicted octanol–water partition coefficient (Wildman–Crippen LogP) is 9.35. The van der Waals surface area contributed by atoms with Gasteiger partial charge in [0.25, 0.3) is 0 Å². The third-order valence-corrected chi connectivity index (χ3v) is 7.33. The first-order valence-corrected chi connectivity index (χ1v) is 14.8. The molecule has 0 unspecified atom stereocenters. The van der Waals surface area contributed by atoms with Crippen LogP contribution in [-0.2, 0) is 4.79 Å². The second kappa shape index (κ2) is 22.9. The summed E-state index contributed by atoms with van der Waals surface area (Å²) >= 11 is 0. The molecule has 3 nitrogen and oxygen atoms in total. The average molecular weight is 464 g/mol. The minimum Gasteiger partial charge on any atom is -0.481 e. The van der Waals surface area contributed by atoms with Crippen molar-refractivity contribution in [1.29, 1.82) is 0 Å². The van der Waals surface area contributed by atoms with Gasteiger partial charge in [0, 0.05) is 18.5 Å². The SMILES string of the molecule is C1CCC(NC2CCCCC2)CC1.CCCCCCCC/C=C\CCCCCCCC(=O)O. The summed E-state index contributed by atoms with van der Waals surface area (Å²) < 4.78 is 0. The van der Waals surface area contributed by atoms with Gasteiger partial charge in [-0.05, 0) is 57.8 Å². The Morgan fingerprint density at radius 2 is 1.09 bits per heavy atom. The molecule has 0 heterocycles. The Labute approximate surface area is 206 Å². The molecule has 0 aliphatic heterocycles. The molecular weight excluding hydrogens is 406 g/mol. The molecule has 2 rings (SSSR count). The number of nitrogens with one attached hydrogen (secondary N) is 1. The standard InChI is InChI=1S/C18H34O2.C12H23N/c1-2-3-4-5-6-7-8-9-10-11-12-13-14-15-16-17-18(19)20;1-3-7-11(8-4-1)13-12-9-5-2-6-10-12/h9-10H,2-8,11-17H2,1H3,(H,19,20);11-13H,1-10H2/b10-9-;. The molecule has 2 N–H and O–H groups in total. The highest BCUT2D eigenvalue weighted by molar-refractivity contribution is 5.66. The number of hydrogen-bond donors (Lipinski definition) is 2. The summed E-state index contributed by atoms with van der Waals surface area (Å²) in [4.78, 5) is 10.3. The van der Waals surface area contributed by atoms with Crippen LogP contribution in [0.4, 0.5) is 0 Å². The van der Waals surface area contributed by atoms with Gasteiger partial charge in [-0.15, -0.1) is 0 Å². The zero-order valence-corrected chi connectivity index (χ0v) is 22.1. The lowest BCUT2D eigenvalue weighted by molar-refractivity contribution is -0.137. The van der Waals surface area contributed by atoms with Gasteiger partial charge in [-0.3, -0.25) is 4.79 Å². The Balaban J connectivity index is 0.000000357. The van der Waals surface area contributed by atoms with E-state index in [1.807, 2.05) is 0 Å². The zero-order valence-electron chi connectivity index (χ0n) is 22.1. The summed E-state index contributed by atoms with van der Waals surface area (Å²) in [5, 5.41) is 12.4. The number of unbranched alkanes of at least 4 members (excludes halogenated alkanes) is 11. The first-order valence-electron chi connectivity index (χ1n) is 14.8. The van der Waals surface area contributed by atoms with Gasteiger partial charge in [0.05, 0.1) is 0 Å². The smallest absolute Gasteiger partial charge is 0.303 e. The molecule has 2 aliphatic carbocycles. The van der Waals surface area contributed by atoms with Gasteiger partial charge >= 0.3 is 5.97 Å². The van der Waals surface area contributed by atoms with E-state index >= 15 is 0 Å². The molecule has 33 heavy (non-hydrogen) atoms. The van der Waals surface area contributed by atoms with Crippen molar-refractivity contribution in [2.75, 3.05) is 0 Å². The first-order chi connectivity index (χ1) is 16.2. The van der Waals surface area contributed by atoms with Gasteiger partial charge in [0.1, 0.15) is 0 Å². The first kappa shape index (κ1) is 30.2. The topological polar surface area (TPSA) is 49.3 Å². The van der Waals surface area contributed by atoms with Crippen LogP contribution in [0.1, 0.15) is 161 Å². The highest BCUT2D eigenvalue weighted by atomic mass is 16.4. The summed E-state index contributed by atoms with van der Waals surface area (Å²) in [6, 6.07) is 1.74. The number of allylic oxidation sites excluding steroid dienone is 2. The monoisotopic (exact) mass is 463 g/mol. The second-order valence-electron chi connectivity index (χ2n) is 10.6. The number of hydrogen-bond acceptors (Lipinski definition) is 2. The van der Waals surface area contributed by atoms with E-state index in [2.05, 4.69) is 24.4 Å². The Hall–Kier alpha value is -0.830. The normalized spacial score (nSPS) is 17.7. The van der Waals surface area contributed by atoms with Crippen LogP contribution in [0, 0.1) is 0 Å². The molecule has 0 aromatic heterocycles. The van der Waals surface area contributed by atoms with Crippen molar-refractivity contribution in [2.45, 2.75) is 173 Å². The Morgan fingerprint density at radius 1 is 0.667 bits per heavy atom. The molecule has 0 aromatic rings. The van der Waals surface area contributed by atoms with Crippen molar-refractivity contribution in [3.63, 3.8) is 0 Å². The summed E-state index contributed by atoms with van der Waals surface area (Å²) in [6.45, 7) is 2.26. The molecular formula is C30H57NO2. The molecule has 0 atom stereocenters. The number of carbonyl (C=O) groups is 1. The third kappa shape index (κ3) is 20.3. The summed E-state index contributed by atoms with van der Waals surface area (Å²) in [5.41, 5.74) is 0. The van der Waals surface area contributed by atoms with E-state index in [0.717, 1.165) is 24.9 Å². The lowest BCUT2D eigenvalue weighted by atomic mass is 9.91. The highest BCUT2D eigenvalue weighted by Crippen LogP contribution is 2.22. The lowest BCUT2D eigenvalue weighted by Crippen LogP contribution is -2.40. The van der Waals surface area contributed by atoms with Gasteiger partial charge in [-0.1, -0.05) is 109 Å². The maximum absolute atomic E-state index is 10.3.